The summed E-state index contributed by atoms with van der Waals surface area (Å²) in [5.74, 6) is 0.214. The lowest BCUT2D eigenvalue weighted by atomic mass is 9.90. The van der Waals surface area contributed by atoms with E-state index in [1.807, 2.05) is 6.07 Å². The number of aliphatic hydroxyl groups is 1. The molecule has 8 heteroatoms. The Labute approximate surface area is 137 Å². The topological polar surface area (TPSA) is 73.6 Å². The SMILES string of the molecule is N#CCOc1ccc(CC(=O)N2CCC(O)(C(F)(F)F)CC2)cc1. The van der Waals surface area contributed by atoms with Gasteiger partial charge in [0.1, 0.15) is 11.8 Å². The number of carbonyl (C=O) groups excluding carboxylic acids is 1. The average molecular weight is 342 g/mol. The van der Waals surface area contributed by atoms with E-state index in [0.717, 1.165) is 0 Å². The van der Waals surface area contributed by atoms with Gasteiger partial charge in [0, 0.05) is 25.9 Å². The standard InChI is InChI=1S/C16H17F3N2O3/c17-16(18,19)15(23)5-8-21(9-6-15)14(22)11-12-1-3-13(4-2-12)24-10-7-20/h1-4,23H,5-6,8-11H2. The number of nitrogens with zero attached hydrogens (tertiary/aromatic N) is 2. The van der Waals surface area contributed by atoms with Crippen LogP contribution in [0.1, 0.15) is 18.4 Å². The highest BCUT2D eigenvalue weighted by Gasteiger charge is 2.54. The van der Waals surface area contributed by atoms with Crippen LogP contribution in [0.4, 0.5) is 13.2 Å². The molecule has 0 aliphatic carbocycles. The van der Waals surface area contributed by atoms with Gasteiger partial charge in [0.2, 0.25) is 5.91 Å². The third-order valence-electron chi connectivity index (χ3n) is 4.05. The molecule has 0 atom stereocenters. The molecule has 1 aromatic rings. The minimum Gasteiger partial charge on any atom is -0.479 e. The van der Waals surface area contributed by atoms with Crippen molar-refractivity contribution < 1.29 is 27.8 Å². The van der Waals surface area contributed by atoms with Gasteiger partial charge in [-0.05, 0) is 17.7 Å². The molecular formula is C16H17F3N2O3. The molecule has 1 aliphatic rings. The molecular weight excluding hydrogens is 325 g/mol. The Hall–Kier alpha value is -2.27. The lowest BCUT2D eigenvalue weighted by molar-refractivity contribution is -0.272. The molecule has 130 valence electrons. The smallest absolute Gasteiger partial charge is 0.417 e. The number of carbonyl (C=O) groups is 1. The Morgan fingerprint density at radius 1 is 1.29 bits per heavy atom. The molecule has 0 saturated carbocycles. The first-order valence-electron chi connectivity index (χ1n) is 7.41. The number of hydrogen-bond acceptors (Lipinski definition) is 4. The van der Waals surface area contributed by atoms with Crippen molar-refractivity contribution in [2.45, 2.75) is 31.0 Å². The fourth-order valence-corrected chi connectivity index (χ4v) is 2.52. The molecule has 1 fully saturated rings. The first-order valence-corrected chi connectivity index (χ1v) is 7.41. The van der Waals surface area contributed by atoms with Crippen molar-refractivity contribution in [3.63, 3.8) is 0 Å². The van der Waals surface area contributed by atoms with E-state index in [4.69, 9.17) is 10.00 Å². The van der Waals surface area contributed by atoms with E-state index >= 15 is 0 Å². The summed E-state index contributed by atoms with van der Waals surface area (Å²) < 4.78 is 43.3. The highest BCUT2D eigenvalue weighted by molar-refractivity contribution is 5.79. The third kappa shape index (κ3) is 4.17. The molecule has 1 heterocycles. The maximum atomic E-state index is 12.7. The summed E-state index contributed by atoms with van der Waals surface area (Å²) in [6, 6.07) is 8.42. The van der Waals surface area contributed by atoms with E-state index in [-0.39, 0.29) is 32.0 Å². The quantitative estimate of drug-likeness (QED) is 0.909. The lowest BCUT2D eigenvalue weighted by Crippen LogP contribution is -2.54. The number of nitriles is 1. The number of rotatable bonds is 4. The second-order valence-corrected chi connectivity index (χ2v) is 5.68. The molecule has 1 amide bonds. The maximum absolute atomic E-state index is 12.7. The Balaban J connectivity index is 1.89. The fraction of sp³-hybridized carbons (Fsp3) is 0.500. The van der Waals surface area contributed by atoms with Crippen molar-refractivity contribution in [1.82, 2.24) is 4.90 Å². The van der Waals surface area contributed by atoms with Crippen molar-refractivity contribution in [2.24, 2.45) is 0 Å². The summed E-state index contributed by atoms with van der Waals surface area (Å²) in [6.45, 7) is -0.329. The predicted molar refractivity (Wildman–Crippen MR) is 78.1 cm³/mol. The number of benzene rings is 1. The van der Waals surface area contributed by atoms with Crippen LogP contribution in [-0.4, -0.2) is 47.4 Å². The Bertz CT molecular complexity index is 615. The number of alkyl halides is 3. The van der Waals surface area contributed by atoms with Crippen LogP contribution in [0.5, 0.6) is 5.75 Å². The number of halogens is 3. The molecule has 2 rings (SSSR count). The minimum absolute atomic E-state index is 0.0585. The van der Waals surface area contributed by atoms with Crippen LogP contribution in [-0.2, 0) is 11.2 Å². The Morgan fingerprint density at radius 3 is 2.38 bits per heavy atom. The number of amides is 1. The Morgan fingerprint density at radius 2 is 1.88 bits per heavy atom. The molecule has 24 heavy (non-hydrogen) atoms. The molecule has 0 unspecified atom stereocenters. The predicted octanol–water partition coefficient (Wildman–Crippen LogP) is 2.05. The summed E-state index contributed by atoms with van der Waals surface area (Å²) in [6.07, 6.45) is -5.64. The van der Waals surface area contributed by atoms with E-state index in [1.54, 1.807) is 24.3 Å². The second kappa shape index (κ2) is 7.09. The molecule has 1 aliphatic heterocycles. The highest BCUT2D eigenvalue weighted by Crippen LogP contribution is 2.38. The van der Waals surface area contributed by atoms with Gasteiger partial charge in [-0.3, -0.25) is 4.79 Å². The zero-order valence-corrected chi connectivity index (χ0v) is 12.8. The van der Waals surface area contributed by atoms with E-state index in [0.29, 0.717) is 11.3 Å². The van der Waals surface area contributed by atoms with Crippen molar-refractivity contribution in [2.75, 3.05) is 19.7 Å². The molecule has 1 aromatic carbocycles. The molecule has 0 aromatic heterocycles. The van der Waals surface area contributed by atoms with Crippen molar-refractivity contribution >= 4 is 5.91 Å². The summed E-state index contributed by atoms with van der Waals surface area (Å²) in [4.78, 5) is 13.5. The molecule has 0 bridgehead atoms. The Kier molecular flexibility index (Phi) is 5.34. The van der Waals surface area contributed by atoms with Crippen molar-refractivity contribution in [1.29, 1.82) is 5.26 Å². The van der Waals surface area contributed by atoms with Gasteiger partial charge in [0.05, 0.1) is 6.42 Å². The van der Waals surface area contributed by atoms with E-state index in [1.165, 1.54) is 4.90 Å². The van der Waals surface area contributed by atoms with Crippen LogP contribution in [0.15, 0.2) is 24.3 Å². The van der Waals surface area contributed by atoms with Gasteiger partial charge in [0.25, 0.3) is 0 Å². The molecule has 1 saturated heterocycles. The zero-order chi connectivity index (χ0) is 17.8. The van der Waals surface area contributed by atoms with Gasteiger partial charge >= 0.3 is 6.18 Å². The van der Waals surface area contributed by atoms with Crippen molar-refractivity contribution in [3.8, 4) is 11.8 Å². The number of likely N-dealkylation sites (tertiary alicyclic amines) is 1. The zero-order valence-electron chi connectivity index (χ0n) is 12.8. The summed E-state index contributed by atoms with van der Waals surface area (Å²) in [7, 11) is 0. The van der Waals surface area contributed by atoms with Gasteiger partial charge in [-0.15, -0.1) is 0 Å². The van der Waals surface area contributed by atoms with E-state index in [2.05, 4.69) is 0 Å². The third-order valence-corrected chi connectivity index (χ3v) is 4.05. The summed E-state index contributed by atoms with van der Waals surface area (Å²) >= 11 is 0. The maximum Gasteiger partial charge on any atom is 0.417 e. The first kappa shape index (κ1) is 18.1. The minimum atomic E-state index is -4.68. The largest absolute Gasteiger partial charge is 0.479 e. The molecule has 1 N–H and O–H groups in total. The monoisotopic (exact) mass is 342 g/mol. The summed E-state index contributed by atoms with van der Waals surface area (Å²) in [5, 5.41) is 18.0. The fourth-order valence-electron chi connectivity index (χ4n) is 2.52. The van der Waals surface area contributed by atoms with Crippen LogP contribution in [0, 0.1) is 11.3 Å². The highest BCUT2D eigenvalue weighted by atomic mass is 19.4. The van der Waals surface area contributed by atoms with Gasteiger partial charge in [-0.25, -0.2) is 0 Å². The molecule has 0 spiro atoms. The summed E-state index contributed by atoms with van der Waals surface area (Å²) in [5.41, 5.74) is -2.01. The number of ether oxygens (including phenoxy) is 1. The molecule has 5 nitrogen and oxygen atoms in total. The molecule has 0 radical (unpaired) electrons. The average Bonchev–Trinajstić information content (AvgIpc) is 2.54. The normalized spacial score (nSPS) is 17.2. The van der Waals surface area contributed by atoms with Gasteiger partial charge in [0.15, 0.2) is 12.2 Å². The van der Waals surface area contributed by atoms with Crippen LogP contribution in [0.3, 0.4) is 0 Å². The van der Waals surface area contributed by atoms with Gasteiger partial charge in [-0.1, -0.05) is 12.1 Å². The van der Waals surface area contributed by atoms with Crippen LogP contribution in [0.2, 0.25) is 0 Å². The second-order valence-electron chi connectivity index (χ2n) is 5.68. The first-order chi connectivity index (χ1) is 11.2. The van der Waals surface area contributed by atoms with Gasteiger partial charge < -0.3 is 14.7 Å². The van der Waals surface area contributed by atoms with Crippen LogP contribution in [0.25, 0.3) is 0 Å². The number of piperidine rings is 1. The van der Waals surface area contributed by atoms with Crippen LogP contribution < -0.4 is 4.74 Å². The van der Waals surface area contributed by atoms with E-state index in [9.17, 15) is 23.1 Å². The lowest BCUT2D eigenvalue weighted by Gasteiger charge is -2.39. The van der Waals surface area contributed by atoms with E-state index < -0.39 is 24.6 Å². The van der Waals surface area contributed by atoms with Gasteiger partial charge in [-0.2, -0.15) is 18.4 Å². The van der Waals surface area contributed by atoms with Crippen LogP contribution >= 0.6 is 0 Å². The number of hydrogen-bond donors (Lipinski definition) is 1. The van der Waals surface area contributed by atoms with Crippen molar-refractivity contribution in [3.05, 3.63) is 29.8 Å².